The Kier molecular flexibility index (Phi) is 5.45. The number of carboxylic acid groups (broad SMARTS) is 1. The third-order valence-corrected chi connectivity index (χ3v) is 4.67. The van der Waals surface area contributed by atoms with E-state index in [-0.39, 0.29) is 19.5 Å². The number of rotatable bonds is 6. The van der Waals surface area contributed by atoms with E-state index in [4.69, 9.17) is 5.11 Å². The minimum atomic E-state index is -3.91. The van der Waals surface area contributed by atoms with E-state index in [0.29, 0.717) is 0 Å². The van der Waals surface area contributed by atoms with Crippen molar-refractivity contribution in [3.05, 3.63) is 0 Å². The van der Waals surface area contributed by atoms with Crippen LogP contribution in [0, 0.1) is 0 Å². The predicted molar refractivity (Wildman–Crippen MR) is 66.2 cm³/mol. The van der Waals surface area contributed by atoms with Crippen LogP contribution in [0.3, 0.4) is 0 Å². The number of methoxy groups -OCH3 is 1. The number of amides is 1. The highest BCUT2D eigenvalue weighted by molar-refractivity contribution is 7.89. The lowest BCUT2D eigenvalue weighted by molar-refractivity contribution is -0.142. The van der Waals surface area contributed by atoms with Crippen LogP contribution in [0.1, 0.15) is 12.8 Å². The zero-order valence-corrected chi connectivity index (χ0v) is 11.7. The first-order chi connectivity index (χ1) is 9.27. The molecule has 2 N–H and O–H groups in total. The molecule has 0 aromatic heterocycles. The number of sulfonamides is 1. The molecule has 0 aromatic rings. The van der Waals surface area contributed by atoms with Gasteiger partial charge in [-0.1, -0.05) is 0 Å². The zero-order valence-electron chi connectivity index (χ0n) is 10.9. The second kappa shape index (κ2) is 6.66. The zero-order chi connectivity index (χ0) is 15.3. The standard InChI is InChI=1S/C10H16N2O7S/c1-19-9(15)2-5-20(17,18)12-4-3-11-10(16)7(12)6-8(13)14/h7H,2-6H2,1H3,(H,11,16)(H,13,14). The molecule has 1 amide bonds. The molecule has 0 saturated carbocycles. The highest BCUT2D eigenvalue weighted by Crippen LogP contribution is 2.15. The minimum absolute atomic E-state index is 0.0206. The first-order valence-electron chi connectivity index (χ1n) is 5.83. The molecule has 0 spiro atoms. The molecule has 114 valence electrons. The van der Waals surface area contributed by atoms with E-state index in [1.165, 1.54) is 0 Å². The molecular formula is C10H16N2O7S. The summed E-state index contributed by atoms with van der Waals surface area (Å²) >= 11 is 0. The number of hydrogen-bond acceptors (Lipinski definition) is 6. The molecule has 0 bridgehead atoms. The number of carbonyl (C=O) groups is 3. The predicted octanol–water partition coefficient (Wildman–Crippen LogP) is -1.85. The highest BCUT2D eigenvalue weighted by Gasteiger charge is 2.38. The van der Waals surface area contributed by atoms with Gasteiger partial charge >= 0.3 is 11.9 Å². The Labute approximate surface area is 115 Å². The van der Waals surface area contributed by atoms with Crippen molar-refractivity contribution in [2.45, 2.75) is 18.9 Å². The van der Waals surface area contributed by atoms with Crippen LogP contribution in [-0.4, -0.2) is 67.7 Å². The molecule has 1 unspecified atom stereocenters. The number of carboxylic acids is 1. The molecule has 1 fully saturated rings. The van der Waals surface area contributed by atoms with Crippen LogP contribution in [0.15, 0.2) is 0 Å². The van der Waals surface area contributed by atoms with Gasteiger partial charge in [0.1, 0.15) is 6.04 Å². The molecule has 1 saturated heterocycles. The summed E-state index contributed by atoms with van der Waals surface area (Å²) < 4.78 is 29.4. The Balaban J connectivity index is 2.85. The maximum Gasteiger partial charge on any atom is 0.306 e. The van der Waals surface area contributed by atoms with Crippen molar-refractivity contribution in [2.75, 3.05) is 26.0 Å². The normalized spacial score (nSPS) is 20.2. The number of aliphatic carboxylic acids is 1. The van der Waals surface area contributed by atoms with Crippen molar-refractivity contribution in [1.82, 2.24) is 9.62 Å². The van der Waals surface area contributed by atoms with E-state index in [0.717, 1.165) is 11.4 Å². The monoisotopic (exact) mass is 308 g/mol. The third kappa shape index (κ3) is 4.17. The van der Waals surface area contributed by atoms with Gasteiger partial charge in [-0.2, -0.15) is 4.31 Å². The molecule has 0 aromatic carbocycles. The molecule has 1 heterocycles. The van der Waals surface area contributed by atoms with Gasteiger partial charge in [-0.05, 0) is 0 Å². The fourth-order valence-electron chi connectivity index (χ4n) is 1.82. The summed E-state index contributed by atoms with van der Waals surface area (Å²) in [6.07, 6.45) is -0.972. The second-order valence-electron chi connectivity index (χ2n) is 4.16. The number of carbonyl (C=O) groups excluding carboxylic acids is 2. The Morgan fingerprint density at radius 3 is 2.70 bits per heavy atom. The first-order valence-corrected chi connectivity index (χ1v) is 7.44. The molecule has 10 heteroatoms. The van der Waals surface area contributed by atoms with E-state index in [2.05, 4.69) is 10.1 Å². The molecule has 1 atom stereocenters. The van der Waals surface area contributed by atoms with Gasteiger partial charge < -0.3 is 15.2 Å². The summed E-state index contributed by atoms with van der Waals surface area (Å²) in [7, 11) is -2.77. The highest BCUT2D eigenvalue weighted by atomic mass is 32.2. The van der Waals surface area contributed by atoms with E-state index in [1.54, 1.807) is 0 Å². The molecule has 1 rings (SSSR count). The van der Waals surface area contributed by atoms with Gasteiger partial charge in [-0.25, -0.2) is 8.42 Å². The Morgan fingerprint density at radius 2 is 2.15 bits per heavy atom. The van der Waals surface area contributed by atoms with Crippen LogP contribution in [-0.2, 0) is 29.1 Å². The summed E-state index contributed by atoms with van der Waals surface area (Å²) in [4.78, 5) is 33.3. The molecule has 20 heavy (non-hydrogen) atoms. The maximum atomic E-state index is 12.1. The lowest BCUT2D eigenvalue weighted by Gasteiger charge is -2.33. The van der Waals surface area contributed by atoms with Gasteiger partial charge in [0, 0.05) is 13.1 Å². The van der Waals surface area contributed by atoms with Gasteiger partial charge in [0.15, 0.2) is 0 Å². The number of esters is 1. The van der Waals surface area contributed by atoms with Crippen LogP contribution in [0.2, 0.25) is 0 Å². The molecule has 1 aliphatic rings. The van der Waals surface area contributed by atoms with Gasteiger partial charge in [0.05, 0.1) is 25.7 Å². The number of hydrogen-bond donors (Lipinski definition) is 2. The summed E-state index contributed by atoms with van der Waals surface area (Å²) in [5.74, 6) is -3.14. The first kappa shape index (κ1) is 16.4. The van der Waals surface area contributed by atoms with Gasteiger partial charge in [-0.15, -0.1) is 0 Å². The van der Waals surface area contributed by atoms with Gasteiger partial charge in [-0.3, -0.25) is 14.4 Å². The number of piperazine rings is 1. The van der Waals surface area contributed by atoms with Crippen LogP contribution >= 0.6 is 0 Å². The smallest absolute Gasteiger partial charge is 0.306 e. The van der Waals surface area contributed by atoms with Crippen molar-refractivity contribution < 1.29 is 32.6 Å². The summed E-state index contributed by atoms with van der Waals surface area (Å²) in [6, 6.07) is -1.29. The van der Waals surface area contributed by atoms with Gasteiger partial charge in [0.2, 0.25) is 15.9 Å². The fourth-order valence-corrected chi connectivity index (χ4v) is 3.40. The van der Waals surface area contributed by atoms with Crippen LogP contribution in [0.5, 0.6) is 0 Å². The fraction of sp³-hybridized carbons (Fsp3) is 0.700. The molecule has 0 aliphatic carbocycles. The molecule has 9 nitrogen and oxygen atoms in total. The topological polar surface area (TPSA) is 130 Å². The van der Waals surface area contributed by atoms with Gasteiger partial charge in [0.25, 0.3) is 0 Å². The average Bonchev–Trinajstić information content (AvgIpc) is 2.37. The quantitative estimate of drug-likeness (QED) is 0.551. The van der Waals surface area contributed by atoms with Crippen LogP contribution in [0.4, 0.5) is 0 Å². The van der Waals surface area contributed by atoms with Crippen molar-refractivity contribution in [2.24, 2.45) is 0 Å². The van der Waals surface area contributed by atoms with Crippen molar-refractivity contribution in [3.63, 3.8) is 0 Å². The van der Waals surface area contributed by atoms with Crippen molar-refractivity contribution in [3.8, 4) is 0 Å². The number of ether oxygens (including phenoxy) is 1. The lowest BCUT2D eigenvalue weighted by atomic mass is 10.1. The van der Waals surface area contributed by atoms with Crippen LogP contribution in [0.25, 0.3) is 0 Å². The summed E-state index contributed by atoms with van der Waals surface area (Å²) in [5.41, 5.74) is 0. The summed E-state index contributed by atoms with van der Waals surface area (Å²) in [5, 5.41) is 11.2. The Hall–Kier alpha value is -1.68. The molecule has 0 radical (unpaired) electrons. The van der Waals surface area contributed by atoms with Crippen molar-refractivity contribution in [1.29, 1.82) is 0 Å². The van der Waals surface area contributed by atoms with Crippen molar-refractivity contribution >= 4 is 27.9 Å². The number of nitrogens with zero attached hydrogens (tertiary/aromatic N) is 1. The average molecular weight is 308 g/mol. The lowest BCUT2D eigenvalue weighted by Crippen LogP contribution is -2.58. The van der Waals surface area contributed by atoms with E-state index in [9.17, 15) is 22.8 Å². The Morgan fingerprint density at radius 1 is 1.50 bits per heavy atom. The largest absolute Gasteiger partial charge is 0.481 e. The maximum absolute atomic E-state index is 12.1. The summed E-state index contributed by atoms with van der Waals surface area (Å²) in [6.45, 7) is 0.0829. The molecular weight excluding hydrogens is 292 g/mol. The van der Waals surface area contributed by atoms with E-state index >= 15 is 0 Å². The van der Waals surface area contributed by atoms with Crippen LogP contribution < -0.4 is 5.32 Å². The third-order valence-electron chi connectivity index (χ3n) is 2.80. The number of nitrogens with one attached hydrogen (secondary N) is 1. The second-order valence-corrected chi connectivity index (χ2v) is 6.20. The van der Waals surface area contributed by atoms with E-state index < -0.39 is 46.1 Å². The SMILES string of the molecule is COC(=O)CCS(=O)(=O)N1CCNC(=O)C1CC(=O)O. The van der Waals surface area contributed by atoms with E-state index in [1.807, 2.05) is 0 Å². The Bertz CT molecular complexity index is 502. The molecule has 1 aliphatic heterocycles. The minimum Gasteiger partial charge on any atom is -0.481 e.